The minimum Gasteiger partial charge on any atom is -0.507 e. The van der Waals surface area contributed by atoms with Crippen LogP contribution in [0.3, 0.4) is 0 Å². The first-order valence-corrected chi connectivity index (χ1v) is 21.5. The van der Waals surface area contributed by atoms with Crippen LogP contribution in [-0.2, 0) is 31.9 Å². The van der Waals surface area contributed by atoms with Gasteiger partial charge in [-0.25, -0.2) is 4.98 Å². The van der Waals surface area contributed by atoms with E-state index in [2.05, 4.69) is 6.07 Å². The number of nitrogens with zero attached hydrogens (tertiary/aromatic N) is 3. The number of para-hydroxylation sites is 1. The Balaban J connectivity index is 0.00000982. The third-order valence-electron chi connectivity index (χ3n) is 11.9. The number of benzene rings is 7. The number of phenolic OH excluding ortho intramolecular Hbond substituents is 1. The fourth-order valence-electron chi connectivity index (χ4n) is 8.42. The number of aromatic hydroxyl groups is 1. The second-order valence-electron chi connectivity index (χ2n) is 17.0. The largest absolute Gasteiger partial charge is 0.507 e. The van der Waals surface area contributed by atoms with E-state index in [-0.39, 0.29) is 43.9 Å². The van der Waals surface area contributed by atoms with Crippen LogP contribution in [-0.4, -0.2) is 19.6 Å². The van der Waals surface area contributed by atoms with Crippen molar-refractivity contribution < 1.29 is 53.6 Å². The summed E-state index contributed by atoms with van der Waals surface area (Å²) >= 11 is 0. The van der Waals surface area contributed by atoms with Gasteiger partial charge in [0, 0.05) is 71.6 Å². The first-order chi connectivity index (χ1) is 39.6. The molecule has 67 heavy (non-hydrogen) atoms. The van der Waals surface area contributed by atoms with Crippen LogP contribution in [0.25, 0.3) is 83.9 Å². The maximum atomic E-state index is 13.0. The zero-order valence-electron chi connectivity index (χ0n) is 57.2. The van der Waals surface area contributed by atoms with E-state index in [4.69, 9.17) is 36.0 Å². The van der Waals surface area contributed by atoms with Crippen LogP contribution in [0.4, 0.5) is 0 Å². The van der Waals surface area contributed by atoms with Crippen LogP contribution in [0.2, 0.25) is 0 Å². The van der Waals surface area contributed by atoms with E-state index in [0.29, 0.717) is 45.1 Å². The number of hydrogen-bond donors (Lipinski definition) is 1. The molecular formula is C62H60N3OPt-. The molecule has 0 aliphatic heterocycles. The summed E-state index contributed by atoms with van der Waals surface area (Å²) < 4.78 is 177. The molecule has 7 aromatic carbocycles. The molecule has 0 amide bonds. The molecule has 9 aromatic rings. The van der Waals surface area contributed by atoms with E-state index in [1.165, 1.54) is 4.57 Å². The molecular weight excluding hydrogens is 998 g/mol. The fourth-order valence-corrected chi connectivity index (χ4v) is 8.42. The molecule has 0 unspecified atom stereocenters. The maximum Gasteiger partial charge on any atom is 0.148 e. The third kappa shape index (κ3) is 9.47. The Labute approximate surface area is 440 Å². The molecule has 5 heteroatoms. The second-order valence-corrected chi connectivity index (χ2v) is 17.0. The Morgan fingerprint density at radius 2 is 1.25 bits per heavy atom. The van der Waals surface area contributed by atoms with E-state index in [9.17, 15) is 6.48 Å². The molecule has 0 saturated carbocycles. The van der Waals surface area contributed by atoms with Gasteiger partial charge in [0.25, 0.3) is 0 Å². The molecule has 0 fully saturated rings. The van der Waals surface area contributed by atoms with Crippen molar-refractivity contribution in [3.63, 3.8) is 0 Å². The second kappa shape index (κ2) is 18.7. The first kappa shape index (κ1) is 28.1. The molecule has 0 saturated heterocycles. The van der Waals surface area contributed by atoms with Crippen LogP contribution < -0.4 is 0 Å². The molecule has 4 nitrogen and oxygen atoms in total. The Kier molecular flexibility index (Phi) is 7.85. The number of phenols is 1. The summed E-state index contributed by atoms with van der Waals surface area (Å²) in [6.45, 7) is -17.8. The van der Waals surface area contributed by atoms with Gasteiger partial charge in [0.1, 0.15) is 11.6 Å². The number of imidazole rings is 1. The van der Waals surface area contributed by atoms with Crippen LogP contribution >= 0.6 is 0 Å². The molecule has 0 atom stereocenters. The van der Waals surface area contributed by atoms with Crippen LogP contribution in [0.1, 0.15) is 130 Å². The number of hydrogen-bond acceptors (Lipinski definition) is 3. The summed E-state index contributed by atoms with van der Waals surface area (Å²) in [6.07, 6.45) is 1.66. The van der Waals surface area contributed by atoms with Gasteiger partial charge in [-0.1, -0.05) is 201 Å². The van der Waals surface area contributed by atoms with Gasteiger partial charge in [-0.3, -0.25) is 9.55 Å². The van der Waals surface area contributed by atoms with Crippen molar-refractivity contribution >= 4 is 11.0 Å². The standard InChI is InChI=1S/C62H60N3O.Pt/c1-39(2)41-24-26-43(27-25-41)45-30-31-63-56(35-45)48-33-46(42-18-13-11-14-19-42)32-47(34-48)52-22-17-23-57-58(52)64-60(54-36-49(61(5,6)7)37-55(59(54)66)62(8,9)10)65(57)50-28-29-51(53(38-50)40(3)4)44-20-15-12-16-21-44;/h11-33,35-40,66H,1-10H3;/q-1;/i5D3,6D3,7D3,8D3,9D3,10D3,39D,40D;. The first-order valence-electron chi connectivity index (χ1n) is 31.5. The monoisotopic (exact) mass is 1080 g/mol. The van der Waals surface area contributed by atoms with Gasteiger partial charge in [-0.15, -0.1) is 23.8 Å². The summed E-state index contributed by atoms with van der Waals surface area (Å²) in [4.78, 5) is 9.92. The van der Waals surface area contributed by atoms with E-state index >= 15 is 0 Å². The van der Waals surface area contributed by atoms with Crippen molar-refractivity contribution in [3.05, 3.63) is 192 Å². The van der Waals surface area contributed by atoms with Crippen molar-refractivity contribution in [3.8, 4) is 78.6 Å². The van der Waals surface area contributed by atoms with E-state index in [1.54, 1.807) is 70.3 Å². The topological polar surface area (TPSA) is 50.9 Å². The van der Waals surface area contributed by atoms with Crippen molar-refractivity contribution in [2.24, 2.45) is 0 Å². The van der Waals surface area contributed by atoms with Gasteiger partial charge in [0.2, 0.25) is 0 Å². The van der Waals surface area contributed by atoms with Crippen molar-refractivity contribution in [1.29, 1.82) is 0 Å². The molecule has 0 radical (unpaired) electrons. The van der Waals surface area contributed by atoms with E-state index in [0.717, 1.165) is 27.8 Å². The molecule has 0 spiro atoms. The summed E-state index contributed by atoms with van der Waals surface area (Å²) in [7, 11) is 0. The van der Waals surface area contributed by atoms with Gasteiger partial charge in [-0.2, -0.15) is 0 Å². The van der Waals surface area contributed by atoms with E-state index in [1.807, 2.05) is 109 Å². The summed E-state index contributed by atoms with van der Waals surface area (Å²) in [5, 5.41) is 13.0. The van der Waals surface area contributed by atoms with Gasteiger partial charge >= 0.3 is 0 Å². The molecule has 1 N–H and O–H groups in total. The Morgan fingerprint density at radius 3 is 1.93 bits per heavy atom. The number of fused-ring (bicyclic) bond motifs is 1. The summed E-state index contributed by atoms with van der Waals surface area (Å²) in [5.41, 5.74) is -3.88. The van der Waals surface area contributed by atoms with Crippen molar-refractivity contribution in [1.82, 2.24) is 14.5 Å². The molecule has 2 heterocycles. The quantitative estimate of drug-likeness (QED) is 0.147. The number of aromatic nitrogens is 3. The molecule has 0 bridgehead atoms. The Hall–Kier alpha value is -6.35. The van der Waals surface area contributed by atoms with Crippen LogP contribution in [0, 0.1) is 6.07 Å². The predicted molar refractivity (Wildman–Crippen MR) is 278 cm³/mol. The van der Waals surface area contributed by atoms with Gasteiger partial charge < -0.3 is 5.11 Å². The predicted octanol–water partition coefficient (Wildman–Crippen LogP) is 16.8. The Bertz CT molecular complexity index is 3930. The van der Waals surface area contributed by atoms with Crippen LogP contribution in [0.5, 0.6) is 5.75 Å². The van der Waals surface area contributed by atoms with Crippen LogP contribution in [0.15, 0.2) is 164 Å². The average molecular weight is 1080 g/mol. The number of pyridine rings is 1. The normalized spacial score (nSPS) is 17.8. The third-order valence-corrected chi connectivity index (χ3v) is 11.9. The molecule has 2 aromatic heterocycles. The molecule has 0 aliphatic carbocycles. The van der Waals surface area contributed by atoms with E-state index < -0.39 is 92.0 Å². The average Bonchev–Trinajstić information content (AvgIpc) is 1.11. The minimum atomic E-state index is -4.18. The molecule has 0 aliphatic rings. The van der Waals surface area contributed by atoms with Gasteiger partial charge in [0.15, 0.2) is 0 Å². The maximum absolute atomic E-state index is 13.0. The zero-order chi connectivity index (χ0) is 63.3. The van der Waals surface area contributed by atoms with Gasteiger partial charge in [-0.05, 0) is 97.5 Å². The number of rotatable bonds is 9. The fraction of sp³-hybridized carbons (Fsp3) is 0.226. The Morgan fingerprint density at radius 1 is 0.582 bits per heavy atom. The summed E-state index contributed by atoms with van der Waals surface area (Å²) in [5.74, 6) is -4.10. The molecule has 9 rings (SSSR count). The summed E-state index contributed by atoms with van der Waals surface area (Å²) in [6, 6.07) is 48.2. The SMILES string of the molecule is [2H]C(C)(C)c1ccc(-c2ccnc(-c3[c-]c(-c4cccc5c4nc(-c4cc(C(C([2H])([2H])[2H])(C([2H])([2H])[2H])C([2H])([2H])[2H])cc(C(C([2H])([2H])[2H])(C([2H])([2H])[2H])C([2H])([2H])[2H])c4O)n5-c4ccc(-c5ccccc5)c(C([2H])(C)C)c4)cc(-c4ccccc4)c3)c2)cc1.[Pt]. The van der Waals surface area contributed by atoms with Crippen molar-refractivity contribution in [2.75, 3.05) is 0 Å². The molecule has 340 valence electrons. The van der Waals surface area contributed by atoms with Gasteiger partial charge in [0.05, 0.1) is 16.6 Å². The van der Waals surface area contributed by atoms with Crippen molar-refractivity contribution in [2.45, 2.75) is 91.4 Å². The minimum absolute atomic E-state index is 0. The zero-order valence-corrected chi connectivity index (χ0v) is 39.5. The smallest absolute Gasteiger partial charge is 0.148 e.